The molecule has 5 nitrogen and oxygen atoms in total. The first-order valence-electron chi connectivity index (χ1n) is 6.43. The van der Waals surface area contributed by atoms with Gasteiger partial charge in [0.05, 0.1) is 11.1 Å². The molecule has 0 spiro atoms. The number of aliphatic carboxylic acids is 1. The minimum absolute atomic E-state index is 0.0173. The zero-order valence-corrected chi connectivity index (χ0v) is 10.4. The summed E-state index contributed by atoms with van der Waals surface area (Å²) in [6.45, 7) is -0.0173. The molecule has 2 N–H and O–H groups in total. The molecule has 1 amide bonds. The average molecular weight is 261 g/mol. The number of carboxylic acids is 1. The number of carbonyl (C=O) groups is 2. The van der Waals surface area contributed by atoms with Crippen LogP contribution in [-0.2, 0) is 15.0 Å². The van der Waals surface area contributed by atoms with Gasteiger partial charge in [-0.05, 0) is 24.5 Å². The minimum Gasteiger partial charge on any atom is -0.482 e. The van der Waals surface area contributed by atoms with Gasteiger partial charge in [0, 0.05) is 0 Å². The molecule has 1 aromatic carbocycles. The summed E-state index contributed by atoms with van der Waals surface area (Å²) in [4.78, 5) is 23.2. The number of carbonyl (C=O) groups excluding carboxylic acids is 1. The van der Waals surface area contributed by atoms with Gasteiger partial charge in [-0.2, -0.15) is 0 Å². The number of nitrogens with one attached hydrogen (secondary N) is 1. The third-order valence-corrected chi connectivity index (χ3v) is 4.03. The lowest BCUT2D eigenvalue weighted by molar-refractivity contribution is -0.143. The van der Waals surface area contributed by atoms with Crippen LogP contribution in [0.2, 0.25) is 0 Å². The van der Waals surface area contributed by atoms with Gasteiger partial charge in [0.15, 0.2) is 6.61 Å². The SMILES string of the molecule is O=C1COc2cccc(C3(C(=O)O)CCCC3)c2N1. The summed E-state index contributed by atoms with van der Waals surface area (Å²) >= 11 is 0. The van der Waals surface area contributed by atoms with Crippen molar-refractivity contribution in [2.24, 2.45) is 0 Å². The smallest absolute Gasteiger partial charge is 0.314 e. The highest BCUT2D eigenvalue weighted by Gasteiger charge is 2.45. The highest BCUT2D eigenvalue weighted by atomic mass is 16.5. The van der Waals surface area contributed by atoms with Gasteiger partial charge in [0.1, 0.15) is 5.75 Å². The second-order valence-corrected chi connectivity index (χ2v) is 5.11. The molecule has 1 aliphatic carbocycles. The van der Waals surface area contributed by atoms with Crippen molar-refractivity contribution in [3.8, 4) is 5.75 Å². The third kappa shape index (κ3) is 1.77. The Morgan fingerprint density at radius 3 is 2.74 bits per heavy atom. The van der Waals surface area contributed by atoms with Crippen LogP contribution in [-0.4, -0.2) is 23.6 Å². The van der Waals surface area contributed by atoms with E-state index in [1.165, 1.54) is 0 Å². The van der Waals surface area contributed by atoms with Crippen molar-refractivity contribution in [2.75, 3.05) is 11.9 Å². The molecule has 1 heterocycles. The van der Waals surface area contributed by atoms with Crippen LogP contribution in [0.25, 0.3) is 0 Å². The number of carboxylic acid groups (broad SMARTS) is 1. The summed E-state index contributed by atoms with van der Waals surface area (Å²) in [7, 11) is 0. The number of hydrogen-bond donors (Lipinski definition) is 2. The van der Waals surface area contributed by atoms with Crippen molar-refractivity contribution in [2.45, 2.75) is 31.1 Å². The van der Waals surface area contributed by atoms with Gasteiger partial charge in [-0.25, -0.2) is 0 Å². The molecular formula is C14H15NO4. The van der Waals surface area contributed by atoms with Crippen molar-refractivity contribution in [1.82, 2.24) is 0 Å². The first-order valence-corrected chi connectivity index (χ1v) is 6.43. The maximum Gasteiger partial charge on any atom is 0.314 e. The van der Waals surface area contributed by atoms with E-state index in [1.807, 2.05) is 0 Å². The summed E-state index contributed by atoms with van der Waals surface area (Å²) < 4.78 is 5.36. The van der Waals surface area contributed by atoms with Crippen molar-refractivity contribution < 1.29 is 19.4 Å². The standard InChI is InChI=1S/C14H15NO4/c16-11-8-19-10-5-3-4-9(12(10)15-11)14(13(17)18)6-1-2-7-14/h3-5H,1-2,6-8H2,(H,15,16)(H,17,18). The molecule has 5 heteroatoms. The van der Waals surface area contributed by atoms with Crippen LogP contribution in [0.3, 0.4) is 0 Å². The maximum atomic E-state index is 11.7. The van der Waals surface area contributed by atoms with Gasteiger partial charge in [-0.1, -0.05) is 25.0 Å². The van der Waals surface area contributed by atoms with Crippen LogP contribution in [0.4, 0.5) is 5.69 Å². The molecule has 1 fully saturated rings. The predicted octanol–water partition coefficient (Wildman–Crippen LogP) is 1.91. The zero-order valence-electron chi connectivity index (χ0n) is 10.4. The Hall–Kier alpha value is -2.04. The Morgan fingerprint density at radius 1 is 1.32 bits per heavy atom. The zero-order chi connectivity index (χ0) is 13.5. The molecular weight excluding hydrogens is 246 g/mol. The fourth-order valence-electron chi connectivity index (χ4n) is 3.07. The van der Waals surface area contributed by atoms with E-state index < -0.39 is 11.4 Å². The summed E-state index contributed by atoms with van der Waals surface area (Å²) in [5.41, 5.74) is 0.311. The fraction of sp³-hybridized carbons (Fsp3) is 0.429. The highest BCUT2D eigenvalue weighted by molar-refractivity contribution is 5.98. The predicted molar refractivity (Wildman–Crippen MR) is 68.3 cm³/mol. The van der Waals surface area contributed by atoms with Crippen molar-refractivity contribution in [3.63, 3.8) is 0 Å². The number of hydrogen-bond acceptors (Lipinski definition) is 3. The summed E-state index contributed by atoms with van der Waals surface area (Å²) in [5.74, 6) is -0.499. The number of anilines is 1. The van der Waals surface area contributed by atoms with Crippen LogP contribution < -0.4 is 10.1 Å². The normalized spacial score (nSPS) is 20.3. The molecule has 0 saturated heterocycles. The van der Waals surface area contributed by atoms with Crippen molar-refractivity contribution >= 4 is 17.6 Å². The number of rotatable bonds is 2. The largest absolute Gasteiger partial charge is 0.482 e. The second-order valence-electron chi connectivity index (χ2n) is 5.11. The number of para-hydroxylation sites is 1. The summed E-state index contributed by atoms with van der Waals surface area (Å²) in [5, 5.41) is 12.4. The molecule has 19 heavy (non-hydrogen) atoms. The number of fused-ring (bicyclic) bond motifs is 1. The van der Waals surface area contributed by atoms with E-state index in [1.54, 1.807) is 18.2 Å². The topological polar surface area (TPSA) is 75.6 Å². The van der Waals surface area contributed by atoms with E-state index >= 15 is 0 Å². The molecule has 3 rings (SSSR count). The summed E-state index contributed by atoms with van der Waals surface area (Å²) in [6, 6.07) is 5.32. The lowest BCUT2D eigenvalue weighted by Crippen LogP contribution is -2.35. The first kappa shape index (κ1) is 12.0. The van der Waals surface area contributed by atoms with E-state index in [-0.39, 0.29) is 12.5 Å². The van der Waals surface area contributed by atoms with Gasteiger partial charge in [0.25, 0.3) is 5.91 Å². The Kier molecular flexibility index (Phi) is 2.69. The lowest BCUT2D eigenvalue weighted by atomic mass is 9.77. The van der Waals surface area contributed by atoms with Gasteiger partial charge < -0.3 is 15.2 Å². The van der Waals surface area contributed by atoms with E-state index in [9.17, 15) is 14.7 Å². The molecule has 0 aromatic heterocycles. The molecule has 0 atom stereocenters. The molecule has 1 aliphatic heterocycles. The summed E-state index contributed by atoms with van der Waals surface area (Å²) in [6.07, 6.45) is 3.00. The van der Waals surface area contributed by atoms with E-state index in [0.717, 1.165) is 12.8 Å². The molecule has 100 valence electrons. The van der Waals surface area contributed by atoms with Crippen molar-refractivity contribution in [3.05, 3.63) is 23.8 Å². The monoisotopic (exact) mass is 261 g/mol. The van der Waals surface area contributed by atoms with Gasteiger partial charge in [-0.3, -0.25) is 9.59 Å². The molecule has 0 unspecified atom stereocenters. The molecule has 1 saturated carbocycles. The second kappa shape index (κ2) is 4.26. The number of ether oxygens (including phenoxy) is 1. The molecule has 0 radical (unpaired) electrons. The van der Waals surface area contributed by atoms with Gasteiger partial charge >= 0.3 is 5.97 Å². The van der Waals surface area contributed by atoms with Crippen LogP contribution in [0, 0.1) is 0 Å². The van der Waals surface area contributed by atoms with Crippen LogP contribution >= 0.6 is 0 Å². The van der Waals surface area contributed by atoms with E-state index in [0.29, 0.717) is 29.8 Å². The Bertz CT molecular complexity index is 546. The maximum absolute atomic E-state index is 11.7. The number of benzene rings is 1. The minimum atomic E-state index is -0.890. The molecule has 1 aromatic rings. The Balaban J connectivity index is 2.14. The molecule has 2 aliphatic rings. The van der Waals surface area contributed by atoms with Crippen LogP contribution in [0.1, 0.15) is 31.2 Å². The first-order chi connectivity index (χ1) is 9.13. The Labute approximate surface area is 110 Å². The Morgan fingerprint density at radius 2 is 2.05 bits per heavy atom. The van der Waals surface area contributed by atoms with Crippen LogP contribution in [0.15, 0.2) is 18.2 Å². The molecule has 0 bridgehead atoms. The fourth-order valence-corrected chi connectivity index (χ4v) is 3.07. The van der Waals surface area contributed by atoms with Gasteiger partial charge in [0.2, 0.25) is 0 Å². The van der Waals surface area contributed by atoms with E-state index in [2.05, 4.69) is 5.32 Å². The van der Waals surface area contributed by atoms with E-state index in [4.69, 9.17) is 4.74 Å². The third-order valence-electron chi connectivity index (χ3n) is 4.03. The average Bonchev–Trinajstić information content (AvgIpc) is 2.88. The highest BCUT2D eigenvalue weighted by Crippen LogP contribution is 2.47. The van der Waals surface area contributed by atoms with Crippen molar-refractivity contribution in [1.29, 1.82) is 0 Å². The van der Waals surface area contributed by atoms with Crippen LogP contribution in [0.5, 0.6) is 5.75 Å². The lowest BCUT2D eigenvalue weighted by Gasteiger charge is -2.29. The quantitative estimate of drug-likeness (QED) is 0.852. The number of amides is 1. The van der Waals surface area contributed by atoms with Gasteiger partial charge in [-0.15, -0.1) is 0 Å².